The Hall–Kier alpha value is -0.200. The normalized spacial score (nSPS) is 21.4. The molecule has 0 aliphatic carbocycles. The van der Waals surface area contributed by atoms with Crippen LogP contribution < -0.4 is 5.32 Å². The molecule has 5 nitrogen and oxygen atoms in total. The molecule has 0 aromatic rings. The van der Waals surface area contributed by atoms with Gasteiger partial charge in [-0.05, 0) is 32.9 Å². The monoisotopic (exact) mass is 288 g/mol. The fourth-order valence-corrected chi connectivity index (χ4v) is 2.40. The second-order valence-electron chi connectivity index (χ2n) is 5.63. The Kier molecular flexibility index (Phi) is 10.2. The number of nitrogens with one attached hydrogen (secondary N) is 1. The first kappa shape index (κ1) is 17.9. The minimum atomic E-state index is -0.433. The quantitative estimate of drug-likeness (QED) is 0.522. The van der Waals surface area contributed by atoms with Gasteiger partial charge in [-0.2, -0.15) is 0 Å². The van der Waals surface area contributed by atoms with Crippen LogP contribution in [0.25, 0.3) is 0 Å². The molecule has 0 bridgehead atoms. The lowest BCUT2D eigenvalue weighted by Crippen LogP contribution is -2.39. The van der Waals surface area contributed by atoms with Gasteiger partial charge in [0, 0.05) is 25.7 Å². The zero-order valence-electron chi connectivity index (χ0n) is 13.1. The molecule has 1 aliphatic heterocycles. The fourth-order valence-electron chi connectivity index (χ4n) is 2.40. The summed E-state index contributed by atoms with van der Waals surface area (Å²) < 4.78 is 10.8. The average Bonchev–Trinajstić information content (AvgIpc) is 2.83. The standard InChI is InChI=1S/C15H32N2O3/c1-3-4-8-19-9-10-20-13-15(18)12-16-11-14-6-5-7-17(14)2/h14-16,18H,3-13H2,1-2H3. The summed E-state index contributed by atoms with van der Waals surface area (Å²) in [5, 5.41) is 13.1. The number of unbranched alkanes of at least 4 members (excludes halogenated alkanes) is 1. The molecular formula is C15H32N2O3. The van der Waals surface area contributed by atoms with Crippen LogP contribution in [0.4, 0.5) is 0 Å². The van der Waals surface area contributed by atoms with Crippen molar-refractivity contribution in [3.63, 3.8) is 0 Å². The number of nitrogens with zero attached hydrogens (tertiary/aromatic N) is 1. The minimum absolute atomic E-state index is 0.380. The summed E-state index contributed by atoms with van der Waals surface area (Å²) in [7, 11) is 2.16. The van der Waals surface area contributed by atoms with E-state index in [9.17, 15) is 5.11 Å². The first-order chi connectivity index (χ1) is 9.74. The van der Waals surface area contributed by atoms with E-state index in [0.29, 0.717) is 32.4 Å². The van der Waals surface area contributed by atoms with Crippen LogP contribution in [0.5, 0.6) is 0 Å². The zero-order valence-corrected chi connectivity index (χ0v) is 13.1. The average molecular weight is 288 g/mol. The Labute approximate surface area is 123 Å². The maximum absolute atomic E-state index is 9.79. The molecular weight excluding hydrogens is 256 g/mol. The molecule has 5 heteroatoms. The first-order valence-corrected chi connectivity index (χ1v) is 7.98. The molecule has 1 rings (SSSR count). The van der Waals surface area contributed by atoms with Crippen molar-refractivity contribution in [1.82, 2.24) is 10.2 Å². The van der Waals surface area contributed by atoms with E-state index < -0.39 is 6.10 Å². The van der Waals surface area contributed by atoms with E-state index in [0.717, 1.165) is 26.0 Å². The highest BCUT2D eigenvalue weighted by Gasteiger charge is 2.20. The van der Waals surface area contributed by atoms with E-state index in [4.69, 9.17) is 9.47 Å². The molecule has 2 atom stereocenters. The van der Waals surface area contributed by atoms with E-state index in [2.05, 4.69) is 24.2 Å². The number of hydrogen-bond acceptors (Lipinski definition) is 5. The SMILES string of the molecule is CCCCOCCOCC(O)CNCC1CCCN1C. The summed E-state index contributed by atoms with van der Waals surface area (Å²) in [5.41, 5.74) is 0. The highest BCUT2D eigenvalue weighted by Crippen LogP contribution is 2.13. The predicted octanol–water partition coefficient (Wildman–Crippen LogP) is 0.864. The van der Waals surface area contributed by atoms with Gasteiger partial charge in [0.2, 0.25) is 0 Å². The molecule has 0 aromatic heterocycles. The predicted molar refractivity (Wildman–Crippen MR) is 81.1 cm³/mol. The van der Waals surface area contributed by atoms with E-state index in [1.165, 1.54) is 19.4 Å². The first-order valence-electron chi connectivity index (χ1n) is 7.98. The number of hydrogen-bond donors (Lipinski definition) is 2. The van der Waals surface area contributed by atoms with Crippen molar-refractivity contribution < 1.29 is 14.6 Å². The van der Waals surface area contributed by atoms with Crippen LogP contribution in [0.15, 0.2) is 0 Å². The van der Waals surface area contributed by atoms with Crippen molar-refractivity contribution >= 4 is 0 Å². The van der Waals surface area contributed by atoms with Crippen LogP contribution in [-0.2, 0) is 9.47 Å². The molecule has 2 unspecified atom stereocenters. The molecule has 0 saturated carbocycles. The van der Waals surface area contributed by atoms with Crippen LogP contribution in [0.3, 0.4) is 0 Å². The molecule has 2 N–H and O–H groups in total. The highest BCUT2D eigenvalue weighted by molar-refractivity contribution is 4.78. The Morgan fingerprint density at radius 2 is 2.10 bits per heavy atom. The van der Waals surface area contributed by atoms with E-state index in [1.54, 1.807) is 0 Å². The van der Waals surface area contributed by atoms with Crippen LogP contribution >= 0.6 is 0 Å². The summed E-state index contributed by atoms with van der Waals surface area (Å²) >= 11 is 0. The van der Waals surface area contributed by atoms with Gasteiger partial charge in [-0.1, -0.05) is 13.3 Å². The number of aliphatic hydroxyl groups is 1. The lowest BCUT2D eigenvalue weighted by Gasteiger charge is -2.20. The topological polar surface area (TPSA) is 54.0 Å². The Bertz CT molecular complexity index is 229. The van der Waals surface area contributed by atoms with E-state index in [-0.39, 0.29) is 0 Å². The Balaban J connectivity index is 1.86. The van der Waals surface area contributed by atoms with Gasteiger partial charge < -0.3 is 24.8 Å². The summed E-state index contributed by atoms with van der Waals surface area (Å²) in [4.78, 5) is 2.38. The molecule has 0 aromatic carbocycles. The second-order valence-corrected chi connectivity index (χ2v) is 5.63. The third kappa shape index (κ3) is 8.17. The van der Waals surface area contributed by atoms with Crippen molar-refractivity contribution in [2.75, 3.05) is 53.1 Å². The molecule has 1 heterocycles. The van der Waals surface area contributed by atoms with Gasteiger partial charge in [0.25, 0.3) is 0 Å². The third-order valence-electron chi connectivity index (χ3n) is 3.76. The van der Waals surface area contributed by atoms with Crippen molar-refractivity contribution in [3.8, 4) is 0 Å². The molecule has 0 spiro atoms. The second kappa shape index (κ2) is 11.5. The summed E-state index contributed by atoms with van der Waals surface area (Å²) in [5.74, 6) is 0. The number of ether oxygens (including phenoxy) is 2. The fraction of sp³-hybridized carbons (Fsp3) is 1.00. The molecule has 1 aliphatic rings. The summed E-state index contributed by atoms with van der Waals surface area (Å²) in [6.07, 6.45) is 4.36. The van der Waals surface area contributed by atoms with Gasteiger partial charge in [0.1, 0.15) is 0 Å². The van der Waals surface area contributed by atoms with E-state index in [1.807, 2.05) is 0 Å². The van der Waals surface area contributed by atoms with Gasteiger partial charge in [-0.3, -0.25) is 0 Å². The number of likely N-dealkylation sites (tertiary alicyclic amines) is 1. The molecule has 0 radical (unpaired) electrons. The maximum Gasteiger partial charge on any atom is 0.0897 e. The van der Waals surface area contributed by atoms with Crippen molar-refractivity contribution in [2.24, 2.45) is 0 Å². The molecule has 1 fully saturated rings. The van der Waals surface area contributed by atoms with Crippen molar-refractivity contribution in [1.29, 1.82) is 0 Å². The zero-order chi connectivity index (χ0) is 14.6. The summed E-state index contributed by atoms with van der Waals surface area (Å²) in [6, 6.07) is 0.620. The molecule has 120 valence electrons. The number of rotatable bonds is 12. The Morgan fingerprint density at radius 3 is 2.80 bits per heavy atom. The van der Waals surface area contributed by atoms with Crippen LogP contribution in [-0.4, -0.2) is 75.3 Å². The van der Waals surface area contributed by atoms with Crippen LogP contribution in [0, 0.1) is 0 Å². The molecule has 20 heavy (non-hydrogen) atoms. The Morgan fingerprint density at radius 1 is 1.30 bits per heavy atom. The minimum Gasteiger partial charge on any atom is -0.389 e. The smallest absolute Gasteiger partial charge is 0.0897 e. The van der Waals surface area contributed by atoms with Gasteiger partial charge in [-0.25, -0.2) is 0 Å². The number of likely N-dealkylation sites (N-methyl/N-ethyl adjacent to an activating group) is 1. The number of aliphatic hydroxyl groups excluding tert-OH is 1. The van der Waals surface area contributed by atoms with Gasteiger partial charge in [0.15, 0.2) is 0 Å². The highest BCUT2D eigenvalue weighted by atomic mass is 16.5. The van der Waals surface area contributed by atoms with Crippen LogP contribution in [0.2, 0.25) is 0 Å². The molecule has 0 amide bonds. The molecule has 1 saturated heterocycles. The largest absolute Gasteiger partial charge is 0.389 e. The van der Waals surface area contributed by atoms with Gasteiger partial charge >= 0.3 is 0 Å². The van der Waals surface area contributed by atoms with Crippen LogP contribution in [0.1, 0.15) is 32.6 Å². The summed E-state index contributed by atoms with van der Waals surface area (Å²) in [6.45, 7) is 7.25. The van der Waals surface area contributed by atoms with Crippen molar-refractivity contribution in [3.05, 3.63) is 0 Å². The van der Waals surface area contributed by atoms with Gasteiger partial charge in [-0.15, -0.1) is 0 Å². The lowest BCUT2D eigenvalue weighted by molar-refractivity contribution is 0.00368. The third-order valence-corrected chi connectivity index (χ3v) is 3.76. The van der Waals surface area contributed by atoms with Gasteiger partial charge in [0.05, 0.1) is 25.9 Å². The van der Waals surface area contributed by atoms with Crippen molar-refractivity contribution in [2.45, 2.75) is 44.8 Å². The van der Waals surface area contributed by atoms with E-state index >= 15 is 0 Å². The maximum atomic E-state index is 9.79. The lowest BCUT2D eigenvalue weighted by atomic mass is 10.2.